The van der Waals surface area contributed by atoms with Crippen LogP contribution < -0.4 is 4.74 Å². The summed E-state index contributed by atoms with van der Waals surface area (Å²) in [7, 11) is 0. The molecule has 1 aromatic carbocycles. The maximum atomic E-state index is 11.3. The van der Waals surface area contributed by atoms with Crippen molar-refractivity contribution < 1.29 is 13.9 Å². The molecular weight excluding hydrogens is 326 g/mol. The third kappa shape index (κ3) is 3.18. The van der Waals surface area contributed by atoms with Crippen molar-refractivity contribution in [1.29, 1.82) is 0 Å². The molecule has 0 radical (unpaired) electrons. The van der Waals surface area contributed by atoms with E-state index in [1.54, 1.807) is 6.26 Å². The van der Waals surface area contributed by atoms with Gasteiger partial charge in [0, 0.05) is 37.0 Å². The van der Waals surface area contributed by atoms with Crippen LogP contribution in [0.25, 0.3) is 0 Å². The number of benzene rings is 1. The molecular formula is C22H27NO3. The summed E-state index contributed by atoms with van der Waals surface area (Å²) in [4.78, 5) is 13.9. The summed E-state index contributed by atoms with van der Waals surface area (Å²) < 4.78 is 10.6. The normalized spacial score (nSPS) is 28.7. The molecule has 4 nitrogen and oxygen atoms in total. The Bertz CT molecular complexity index is 769. The Kier molecular flexibility index (Phi) is 4.62. The van der Waals surface area contributed by atoms with Crippen LogP contribution in [0.15, 0.2) is 47.3 Å². The van der Waals surface area contributed by atoms with E-state index in [4.69, 9.17) is 9.15 Å². The van der Waals surface area contributed by atoms with Crippen molar-refractivity contribution >= 4 is 5.97 Å². The fourth-order valence-electron chi connectivity index (χ4n) is 5.17. The molecule has 2 heterocycles. The lowest BCUT2D eigenvalue weighted by molar-refractivity contribution is -0.131. The highest BCUT2D eigenvalue weighted by Gasteiger charge is 2.49. The molecule has 3 atom stereocenters. The number of fused-ring (bicyclic) bond motifs is 1. The van der Waals surface area contributed by atoms with Crippen molar-refractivity contribution in [3.63, 3.8) is 0 Å². The summed E-state index contributed by atoms with van der Waals surface area (Å²) in [6, 6.07) is 10.8. The van der Waals surface area contributed by atoms with E-state index < -0.39 is 0 Å². The SMILES string of the molecule is CC(=O)Oc1cccc(C23CCCC2CN(Cc2ccoc2)C(C)C3)c1. The van der Waals surface area contributed by atoms with Crippen molar-refractivity contribution in [2.45, 2.75) is 57.5 Å². The predicted molar refractivity (Wildman–Crippen MR) is 100.0 cm³/mol. The summed E-state index contributed by atoms with van der Waals surface area (Å²) in [5.41, 5.74) is 2.80. The van der Waals surface area contributed by atoms with Gasteiger partial charge in [0.1, 0.15) is 5.75 Å². The van der Waals surface area contributed by atoms with E-state index >= 15 is 0 Å². The average Bonchev–Trinajstić information content (AvgIpc) is 3.25. The van der Waals surface area contributed by atoms with E-state index in [1.807, 2.05) is 18.4 Å². The lowest BCUT2D eigenvalue weighted by Gasteiger charge is -2.48. The number of esters is 1. The minimum Gasteiger partial charge on any atom is -0.472 e. The average molecular weight is 353 g/mol. The maximum Gasteiger partial charge on any atom is 0.308 e. The highest BCUT2D eigenvalue weighted by Crippen LogP contribution is 2.52. The third-order valence-corrected chi connectivity index (χ3v) is 6.33. The highest BCUT2D eigenvalue weighted by molar-refractivity contribution is 5.69. The molecule has 138 valence electrons. The van der Waals surface area contributed by atoms with Crippen LogP contribution >= 0.6 is 0 Å². The first-order valence-electron chi connectivity index (χ1n) is 9.61. The molecule has 1 saturated carbocycles. The summed E-state index contributed by atoms with van der Waals surface area (Å²) in [5, 5.41) is 0. The second kappa shape index (κ2) is 6.92. The smallest absolute Gasteiger partial charge is 0.308 e. The molecule has 2 aliphatic rings. The Labute approximate surface area is 155 Å². The molecule has 4 rings (SSSR count). The summed E-state index contributed by atoms with van der Waals surface area (Å²) in [6.07, 6.45) is 8.53. The molecule has 0 N–H and O–H groups in total. The fourth-order valence-corrected chi connectivity index (χ4v) is 5.17. The summed E-state index contributed by atoms with van der Waals surface area (Å²) in [5.74, 6) is 1.06. The van der Waals surface area contributed by atoms with Crippen LogP contribution in [0.5, 0.6) is 5.75 Å². The molecule has 4 heteroatoms. The van der Waals surface area contributed by atoms with Gasteiger partial charge in [-0.25, -0.2) is 0 Å². The van der Waals surface area contributed by atoms with Crippen molar-refractivity contribution in [2.75, 3.05) is 6.54 Å². The Balaban J connectivity index is 1.59. The lowest BCUT2D eigenvalue weighted by Crippen LogP contribution is -2.51. The topological polar surface area (TPSA) is 42.7 Å². The first kappa shape index (κ1) is 17.3. The highest BCUT2D eigenvalue weighted by atomic mass is 16.5. The second-order valence-corrected chi connectivity index (χ2v) is 7.98. The van der Waals surface area contributed by atoms with Gasteiger partial charge in [0.25, 0.3) is 0 Å². The van der Waals surface area contributed by atoms with Gasteiger partial charge in [0.15, 0.2) is 0 Å². The van der Waals surface area contributed by atoms with Gasteiger partial charge in [-0.3, -0.25) is 9.69 Å². The van der Waals surface area contributed by atoms with E-state index in [2.05, 4.69) is 30.0 Å². The third-order valence-electron chi connectivity index (χ3n) is 6.33. The van der Waals surface area contributed by atoms with Crippen molar-refractivity contribution in [2.24, 2.45) is 5.92 Å². The number of piperidine rings is 1. The quantitative estimate of drug-likeness (QED) is 0.598. The molecule has 2 aromatic rings. The fraction of sp³-hybridized carbons (Fsp3) is 0.500. The number of hydrogen-bond acceptors (Lipinski definition) is 4. The Morgan fingerprint density at radius 2 is 2.27 bits per heavy atom. The molecule has 1 aliphatic carbocycles. The van der Waals surface area contributed by atoms with Gasteiger partial charge in [0.2, 0.25) is 0 Å². The molecule has 1 saturated heterocycles. The maximum absolute atomic E-state index is 11.3. The Morgan fingerprint density at radius 3 is 3.04 bits per heavy atom. The van der Waals surface area contributed by atoms with Gasteiger partial charge in [-0.15, -0.1) is 0 Å². The van der Waals surface area contributed by atoms with Crippen LogP contribution in [0.3, 0.4) is 0 Å². The molecule has 26 heavy (non-hydrogen) atoms. The van der Waals surface area contributed by atoms with Gasteiger partial charge < -0.3 is 9.15 Å². The molecule has 3 unspecified atom stereocenters. The zero-order valence-corrected chi connectivity index (χ0v) is 15.6. The van der Waals surface area contributed by atoms with Gasteiger partial charge in [-0.1, -0.05) is 18.6 Å². The van der Waals surface area contributed by atoms with Crippen LogP contribution in [0.1, 0.15) is 50.7 Å². The standard InChI is InChI=1S/C22H27NO3/c1-16-12-22(19-5-3-7-21(11-19)26-17(2)24)9-4-6-20(22)14-23(16)13-18-8-10-25-15-18/h3,5,7-8,10-11,15-16,20H,4,6,9,12-14H2,1-2H3. The number of nitrogens with zero attached hydrogens (tertiary/aromatic N) is 1. The number of carbonyl (C=O) groups excluding carboxylic acids is 1. The van der Waals surface area contributed by atoms with E-state index in [9.17, 15) is 4.79 Å². The van der Waals surface area contributed by atoms with Crippen molar-refractivity contribution in [3.05, 3.63) is 54.0 Å². The van der Waals surface area contributed by atoms with E-state index in [1.165, 1.54) is 37.3 Å². The molecule has 0 amide bonds. The zero-order valence-electron chi connectivity index (χ0n) is 15.6. The van der Waals surface area contributed by atoms with Gasteiger partial charge in [-0.05, 0) is 55.9 Å². The van der Waals surface area contributed by atoms with Gasteiger partial charge >= 0.3 is 5.97 Å². The zero-order chi connectivity index (χ0) is 18.1. The van der Waals surface area contributed by atoms with Gasteiger partial charge in [-0.2, -0.15) is 0 Å². The number of ether oxygens (including phenoxy) is 1. The van der Waals surface area contributed by atoms with Crippen LogP contribution in [0.2, 0.25) is 0 Å². The second-order valence-electron chi connectivity index (χ2n) is 7.98. The van der Waals surface area contributed by atoms with E-state index in [0.29, 0.717) is 17.7 Å². The molecule has 1 aliphatic heterocycles. The minimum atomic E-state index is -0.258. The predicted octanol–water partition coefficient (Wildman–Crippen LogP) is 4.54. The minimum absolute atomic E-state index is 0.211. The summed E-state index contributed by atoms with van der Waals surface area (Å²) in [6.45, 7) is 5.87. The first-order chi connectivity index (χ1) is 12.6. The van der Waals surface area contributed by atoms with Crippen LogP contribution in [-0.2, 0) is 16.8 Å². The number of carbonyl (C=O) groups is 1. The van der Waals surface area contributed by atoms with Gasteiger partial charge in [0.05, 0.1) is 12.5 Å². The number of hydrogen-bond donors (Lipinski definition) is 0. The molecule has 2 fully saturated rings. The Morgan fingerprint density at radius 1 is 1.38 bits per heavy atom. The number of rotatable bonds is 4. The van der Waals surface area contributed by atoms with E-state index in [-0.39, 0.29) is 11.4 Å². The monoisotopic (exact) mass is 353 g/mol. The van der Waals surface area contributed by atoms with Crippen LogP contribution in [0, 0.1) is 5.92 Å². The molecule has 0 spiro atoms. The van der Waals surface area contributed by atoms with Crippen molar-refractivity contribution in [1.82, 2.24) is 4.90 Å². The summed E-state index contributed by atoms with van der Waals surface area (Å²) >= 11 is 0. The first-order valence-corrected chi connectivity index (χ1v) is 9.61. The molecule has 1 aromatic heterocycles. The number of furan rings is 1. The van der Waals surface area contributed by atoms with Crippen LogP contribution in [-0.4, -0.2) is 23.5 Å². The number of likely N-dealkylation sites (tertiary alicyclic amines) is 1. The van der Waals surface area contributed by atoms with E-state index in [0.717, 1.165) is 19.5 Å². The van der Waals surface area contributed by atoms with Crippen molar-refractivity contribution in [3.8, 4) is 5.75 Å². The largest absolute Gasteiger partial charge is 0.472 e. The Hall–Kier alpha value is -2.07. The molecule has 0 bridgehead atoms. The van der Waals surface area contributed by atoms with Crippen LogP contribution in [0.4, 0.5) is 0 Å². The lowest BCUT2D eigenvalue weighted by atomic mass is 9.65.